The Morgan fingerprint density at radius 1 is 1.43 bits per heavy atom. The Bertz CT molecular complexity index is 354. The second-order valence-corrected chi connectivity index (χ2v) is 4.80. The maximum Gasteiger partial charge on any atom is 0.236 e. The van der Waals surface area contributed by atoms with Crippen molar-refractivity contribution in [2.45, 2.75) is 44.7 Å². The Labute approximate surface area is 83.1 Å². The fourth-order valence-electron chi connectivity index (χ4n) is 2.96. The van der Waals surface area contributed by atoms with Crippen molar-refractivity contribution in [3.05, 3.63) is 11.8 Å². The molecule has 76 valence electrons. The van der Waals surface area contributed by atoms with Crippen LogP contribution in [0.25, 0.3) is 0 Å². The first-order chi connectivity index (χ1) is 6.68. The van der Waals surface area contributed by atoms with Crippen molar-refractivity contribution in [1.29, 1.82) is 0 Å². The van der Waals surface area contributed by atoms with Gasteiger partial charge in [0.25, 0.3) is 0 Å². The highest BCUT2D eigenvalue weighted by atomic mass is 16.4. The van der Waals surface area contributed by atoms with Crippen LogP contribution >= 0.6 is 0 Å². The van der Waals surface area contributed by atoms with Crippen molar-refractivity contribution in [1.82, 2.24) is 15.5 Å². The van der Waals surface area contributed by atoms with Crippen molar-refractivity contribution in [3.8, 4) is 0 Å². The van der Waals surface area contributed by atoms with Gasteiger partial charge in [-0.3, -0.25) is 0 Å². The van der Waals surface area contributed by atoms with Crippen molar-refractivity contribution in [2.24, 2.45) is 5.92 Å². The Hall–Kier alpha value is -0.900. The first-order valence-corrected chi connectivity index (χ1v) is 5.26. The third-order valence-corrected chi connectivity index (χ3v) is 3.39. The van der Waals surface area contributed by atoms with Gasteiger partial charge in [-0.2, -0.15) is 0 Å². The van der Waals surface area contributed by atoms with E-state index in [1.807, 2.05) is 6.92 Å². The van der Waals surface area contributed by atoms with Gasteiger partial charge in [-0.1, -0.05) is 6.92 Å². The van der Waals surface area contributed by atoms with E-state index in [2.05, 4.69) is 22.4 Å². The molecule has 2 aliphatic heterocycles. The molecule has 3 atom stereocenters. The predicted molar refractivity (Wildman–Crippen MR) is 50.7 cm³/mol. The van der Waals surface area contributed by atoms with Crippen LogP contribution in [0.5, 0.6) is 0 Å². The van der Waals surface area contributed by atoms with Gasteiger partial charge >= 0.3 is 0 Å². The molecule has 2 bridgehead atoms. The molecule has 2 unspecified atom stereocenters. The van der Waals surface area contributed by atoms with Gasteiger partial charge in [0, 0.05) is 13.0 Å². The van der Waals surface area contributed by atoms with Crippen LogP contribution in [0.1, 0.15) is 38.0 Å². The summed E-state index contributed by atoms with van der Waals surface area (Å²) in [5.41, 5.74) is 0.0175. The molecule has 3 aliphatic rings. The average molecular weight is 193 g/mol. The fourth-order valence-corrected chi connectivity index (χ4v) is 2.96. The first-order valence-electron chi connectivity index (χ1n) is 5.26. The molecule has 1 aliphatic carbocycles. The van der Waals surface area contributed by atoms with E-state index in [-0.39, 0.29) is 5.54 Å². The Kier molecular flexibility index (Phi) is 1.54. The summed E-state index contributed by atoms with van der Waals surface area (Å²) in [4.78, 5) is 0. The summed E-state index contributed by atoms with van der Waals surface area (Å²) in [5.74, 6) is 2.22. The van der Waals surface area contributed by atoms with Crippen molar-refractivity contribution in [3.63, 3.8) is 0 Å². The molecule has 3 heterocycles. The molecule has 14 heavy (non-hydrogen) atoms. The second kappa shape index (κ2) is 2.57. The number of aryl methyl sites for hydroxylation is 1. The molecule has 2 saturated heterocycles. The summed E-state index contributed by atoms with van der Waals surface area (Å²) in [5, 5.41) is 11.6. The van der Waals surface area contributed by atoms with Crippen LogP contribution in [-0.2, 0) is 5.54 Å². The van der Waals surface area contributed by atoms with Gasteiger partial charge < -0.3 is 9.73 Å². The third kappa shape index (κ3) is 1.03. The smallest absolute Gasteiger partial charge is 0.236 e. The number of nitrogens with zero attached hydrogens (tertiary/aromatic N) is 2. The molecule has 1 saturated carbocycles. The maximum atomic E-state index is 5.53. The second-order valence-electron chi connectivity index (χ2n) is 4.80. The van der Waals surface area contributed by atoms with E-state index >= 15 is 0 Å². The van der Waals surface area contributed by atoms with Crippen LogP contribution in [0, 0.1) is 12.8 Å². The van der Waals surface area contributed by atoms with Gasteiger partial charge in [0.1, 0.15) is 0 Å². The van der Waals surface area contributed by atoms with E-state index in [4.69, 9.17) is 4.42 Å². The average Bonchev–Trinajstić information content (AvgIpc) is 2.49. The van der Waals surface area contributed by atoms with Gasteiger partial charge in [0.05, 0.1) is 5.54 Å². The Balaban J connectivity index is 1.91. The number of rotatable bonds is 1. The lowest BCUT2D eigenvalue weighted by atomic mass is 9.66. The van der Waals surface area contributed by atoms with E-state index < -0.39 is 0 Å². The number of piperidine rings is 1. The van der Waals surface area contributed by atoms with E-state index in [0.29, 0.717) is 11.9 Å². The van der Waals surface area contributed by atoms with Crippen LogP contribution < -0.4 is 5.32 Å². The molecular weight excluding hydrogens is 178 g/mol. The molecule has 4 nitrogen and oxygen atoms in total. The minimum atomic E-state index is 0.0175. The Morgan fingerprint density at radius 3 is 2.79 bits per heavy atom. The van der Waals surface area contributed by atoms with E-state index in [1.54, 1.807) is 0 Å². The minimum Gasteiger partial charge on any atom is -0.424 e. The van der Waals surface area contributed by atoms with Crippen molar-refractivity contribution >= 4 is 0 Å². The van der Waals surface area contributed by atoms with Gasteiger partial charge in [0.15, 0.2) is 0 Å². The summed E-state index contributed by atoms with van der Waals surface area (Å²) in [7, 11) is 0. The molecule has 0 aromatic carbocycles. The van der Waals surface area contributed by atoms with Crippen molar-refractivity contribution < 1.29 is 4.42 Å². The highest BCUT2D eigenvalue weighted by molar-refractivity contribution is 5.15. The Morgan fingerprint density at radius 2 is 2.21 bits per heavy atom. The quantitative estimate of drug-likeness (QED) is 0.731. The van der Waals surface area contributed by atoms with Crippen LogP contribution in [0.15, 0.2) is 4.42 Å². The van der Waals surface area contributed by atoms with Crippen LogP contribution in [-0.4, -0.2) is 16.2 Å². The number of fused-ring (bicyclic) bond motifs is 2. The summed E-state index contributed by atoms with van der Waals surface area (Å²) >= 11 is 0. The van der Waals surface area contributed by atoms with Gasteiger partial charge in [0.2, 0.25) is 11.8 Å². The minimum absolute atomic E-state index is 0.0175. The SMILES string of the molecule is Cc1nnc(C23CC(C[C@@H](C)C2)N3)o1. The molecule has 3 fully saturated rings. The normalized spacial score (nSPS) is 40.7. The predicted octanol–water partition coefficient (Wildman–Crippen LogP) is 1.37. The topological polar surface area (TPSA) is 51.0 Å². The lowest BCUT2D eigenvalue weighted by molar-refractivity contribution is 0.0131. The molecule has 0 spiro atoms. The molecule has 1 aromatic rings. The number of hydrogen-bond donors (Lipinski definition) is 1. The zero-order valence-corrected chi connectivity index (χ0v) is 8.58. The highest BCUT2D eigenvalue weighted by Crippen LogP contribution is 2.47. The molecule has 1 N–H and O–H groups in total. The van der Waals surface area contributed by atoms with Crippen LogP contribution in [0.4, 0.5) is 0 Å². The first kappa shape index (κ1) is 8.41. The van der Waals surface area contributed by atoms with Crippen LogP contribution in [0.3, 0.4) is 0 Å². The van der Waals surface area contributed by atoms with Gasteiger partial charge in [-0.15, -0.1) is 10.2 Å². The molecule has 0 amide bonds. The summed E-state index contributed by atoms with van der Waals surface area (Å²) in [6, 6.07) is 0.672. The summed E-state index contributed by atoms with van der Waals surface area (Å²) < 4.78 is 5.53. The molecular formula is C10H15N3O. The zero-order valence-electron chi connectivity index (χ0n) is 8.58. The summed E-state index contributed by atoms with van der Waals surface area (Å²) in [6.07, 6.45) is 3.58. The van der Waals surface area contributed by atoms with Crippen LogP contribution in [0.2, 0.25) is 0 Å². The number of nitrogens with one attached hydrogen (secondary N) is 1. The van der Waals surface area contributed by atoms with Gasteiger partial charge in [-0.05, 0) is 25.2 Å². The summed E-state index contributed by atoms with van der Waals surface area (Å²) in [6.45, 7) is 4.14. The third-order valence-electron chi connectivity index (χ3n) is 3.39. The zero-order chi connectivity index (χ0) is 9.76. The largest absolute Gasteiger partial charge is 0.424 e. The highest BCUT2D eigenvalue weighted by Gasteiger charge is 2.53. The fraction of sp³-hybridized carbons (Fsp3) is 0.800. The van der Waals surface area contributed by atoms with E-state index in [0.717, 1.165) is 18.2 Å². The lowest BCUT2D eigenvalue weighted by Crippen LogP contribution is -2.65. The molecule has 0 radical (unpaired) electrons. The molecule has 1 aromatic heterocycles. The standard InChI is InChI=1S/C10H15N3O/c1-6-3-8-5-10(4-6,11-8)9-13-12-7(2)14-9/h6,8,11H,3-5H2,1-2H3/t6-,8?,10?/m1/s1. The van der Waals surface area contributed by atoms with Crippen molar-refractivity contribution in [2.75, 3.05) is 0 Å². The maximum absolute atomic E-state index is 5.53. The number of hydrogen-bond acceptors (Lipinski definition) is 4. The van der Waals surface area contributed by atoms with E-state index in [1.165, 1.54) is 12.8 Å². The molecule has 4 rings (SSSR count). The van der Waals surface area contributed by atoms with Gasteiger partial charge in [-0.25, -0.2) is 0 Å². The van der Waals surface area contributed by atoms with E-state index in [9.17, 15) is 0 Å². The lowest BCUT2D eigenvalue weighted by Gasteiger charge is -2.53. The number of aromatic nitrogens is 2. The monoisotopic (exact) mass is 193 g/mol. The molecule has 4 heteroatoms.